The van der Waals surface area contributed by atoms with Crippen molar-refractivity contribution in [3.05, 3.63) is 70.8 Å². The Morgan fingerprint density at radius 3 is 1.47 bits per heavy atom. The van der Waals surface area contributed by atoms with Gasteiger partial charge in [-0.2, -0.15) is 0 Å². The van der Waals surface area contributed by atoms with Crippen LogP contribution in [0.4, 0.5) is 0 Å². The molecule has 0 saturated heterocycles. The molecule has 0 heterocycles. The molecule has 0 spiro atoms. The van der Waals surface area contributed by atoms with Gasteiger partial charge in [0.05, 0.1) is 7.11 Å². The second-order valence-electron chi connectivity index (χ2n) is 14.2. The molecule has 51 heavy (non-hydrogen) atoms. The van der Waals surface area contributed by atoms with Crippen molar-refractivity contribution in [1.29, 1.82) is 0 Å². The van der Waals surface area contributed by atoms with E-state index in [0.29, 0.717) is 31.6 Å². The summed E-state index contributed by atoms with van der Waals surface area (Å²) in [5, 5.41) is 9.23. The molecule has 6 N–H and O–H groups in total. The summed E-state index contributed by atoms with van der Waals surface area (Å²) in [6, 6.07) is 16.6. The fourth-order valence-corrected chi connectivity index (χ4v) is 6.94. The van der Waals surface area contributed by atoms with Crippen LogP contribution in [0.1, 0.15) is 164 Å². The summed E-state index contributed by atoms with van der Waals surface area (Å²) in [6.07, 6.45) is 18.9. The molecule has 2 saturated carbocycles. The Bertz CT molecular complexity index is 1440. The molecule has 0 unspecified atom stereocenters. The van der Waals surface area contributed by atoms with Crippen LogP contribution in [0.15, 0.2) is 48.5 Å². The van der Waals surface area contributed by atoms with Crippen LogP contribution in [0.3, 0.4) is 0 Å². The Hall–Kier alpha value is -2.62. The molecule has 0 aliphatic heterocycles. The number of hydrogen-bond acceptors (Lipinski definition) is 6. The minimum atomic E-state index is -1.05. The zero-order valence-electron chi connectivity index (χ0n) is 31.8. The van der Waals surface area contributed by atoms with Crippen molar-refractivity contribution in [2.45, 2.75) is 152 Å². The molecular weight excluding hydrogens is 647 g/mol. The van der Waals surface area contributed by atoms with Gasteiger partial charge in [-0.25, -0.2) is 0 Å². The van der Waals surface area contributed by atoms with Gasteiger partial charge in [0.15, 0.2) is 0 Å². The van der Waals surface area contributed by atoms with Gasteiger partial charge in [-0.15, -0.1) is 0 Å². The minimum absolute atomic E-state index is 0. The number of ether oxygens (including phenoxy) is 1. The van der Waals surface area contributed by atoms with Crippen LogP contribution in [0, 0.1) is 23.7 Å². The van der Waals surface area contributed by atoms with Crippen molar-refractivity contribution in [2.24, 2.45) is 11.5 Å². The van der Waals surface area contributed by atoms with E-state index in [1.165, 1.54) is 82.4 Å². The molecule has 2 fully saturated rings. The maximum Gasteiger partial charge on any atom is 1.00 e. The zero-order chi connectivity index (χ0) is 35.5. The predicted octanol–water partition coefficient (Wildman–Crippen LogP) is 5.81. The van der Waals surface area contributed by atoms with E-state index in [1.807, 2.05) is 12.1 Å². The Morgan fingerprint density at radius 2 is 1.10 bits per heavy atom. The number of carbonyl (C=O) groups excluding carboxylic acids is 1. The summed E-state index contributed by atoms with van der Waals surface area (Å²) in [4.78, 5) is 23.1. The van der Waals surface area contributed by atoms with Gasteiger partial charge in [0.25, 0.3) is 0 Å². The van der Waals surface area contributed by atoms with Crippen LogP contribution < -0.4 is 41.0 Å². The van der Waals surface area contributed by atoms with E-state index in [2.05, 4.69) is 73.9 Å². The Kier molecular flexibility index (Phi) is 22.4. The number of hydrogen-bond donors (Lipinski definition) is 3. The first-order chi connectivity index (χ1) is 23.6. The summed E-state index contributed by atoms with van der Waals surface area (Å²) in [6.45, 7) is 4.46. The van der Waals surface area contributed by atoms with Crippen LogP contribution in [0.25, 0.3) is 0 Å². The number of carboxylic acids is 1. The molecule has 0 bridgehead atoms. The Morgan fingerprint density at radius 1 is 0.706 bits per heavy atom. The van der Waals surface area contributed by atoms with Crippen molar-refractivity contribution in [3.8, 4) is 23.7 Å². The van der Waals surface area contributed by atoms with Gasteiger partial charge in [0, 0.05) is 24.0 Å². The van der Waals surface area contributed by atoms with Gasteiger partial charge in [0.2, 0.25) is 0 Å². The van der Waals surface area contributed by atoms with E-state index >= 15 is 0 Å². The first-order valence-corrected chi connectivity index (χ1v) is 18.7. The van der Waals surface area contributed by atoms with Crippen LogP contribution in [-0.4, -0.2) is 40.7 Å². The molecule has 274 valence electrons. The number of aliphatic carboxylic acids is 1. The van der Waals surface area contributed by atoms with Crippen molar-refractivity contribution in [2.75, 3.05) is 7.11 Å². The van der Waals surface area contributed by atoms with Gasteiger partial charge in [-0.05, 0) is 98.6 Å². The number of benzene rings is 2. The summed E-state index contributed by atoms with van der Waals surface area (Å²) >= 11 is 0. The molecule has 2 aliphatic rings. The normalized spacial score (nSPS) is 21.7. The smallest absolute Gasteiger partial charge is 0.870 e. The summed E-state index contributed by atoms with van der Waals surface area (Å²) < 4.78 is 4.84. The molecule has 2 aromatic rings. The molecule has 7 nitrogen and oxygen atoms in total. The van der Waals surface area contributed by atoms with E-state index in [4.69, 9.17) is 16.2 Å². The van der Waals surface area contributed by atoms with Crippen LogP contribution >= 0.6 is 0 Å². The third-order valence-electron chi connectivity index (χ3n) is 10.2. The number of nitrogens with two attached hydrogens (primary N) is 2. The number of carbonyl (C=O) groups is 2. The average Bonchev–Trinajstić information content (AvgIpc) is 3.72. The molecule has 0 radical (unpaired) electrons. The Balaban J connectivity index is 0.000000491. The van der Waals surface area contributed by atoms with Crippen molar-refractivity contribution < 1.29 is 54.5 Å². The second kappa shape index (κ2) is 24.6. The number of unbranched alkanes of at least 4 members (excludes halogenated alkanes) is 10. The van der Waals surface area contributed by atoms with Crippen molar-refractivity contribution in [3.63, 3.8) is 0 Å². The number of methoxy groups -OCH3 is 1. The van der Waals surface area contributed by atoms with Gasteiger partial charge in [0.1, 0.15) is 11.1 Å². The van der Waals surface area contributed by atoms with E-state index in [-0.39, 0.29) is 46.9 Å². The van der Waals surface area contributed by atoms with Crippen molar-refractivity contribution in [1.82, 2.24) is 0 Å². The van der Waals surface area contributed by atoms with E-state index in [1.54, 1.807) is 0 Å². The van der Waals surface area contributed by atoms with Crippen LogP contribution in [0.5, 0.6) is 0 Å². The van der Waals surface area contributed by atoms with Crippen LogP contribution in [0.2, 0.25) is 0 Å². The number of esters is 1. The zero-order valence-corrected chi connectivity index (χ0v) is 33.8. The fourth-order valence-electron chi connectivity index (χ4n) is 6.94. The first-order valence-electron chi connectivity index (χ1n) is 18.7. The second-order valence-corrected chi connectivity index (χ2v) is 14.2. The van der Waals surface area contributed by atoms with Gasteiger partial charge >= 0.3 is 41.5 Å². The monoisotopic (exact) mass is 708 g/mol. The molecule has 4 atom stereocenters. The Labute approximate surface area is 330 Å². The van der Waals surface area contributed by atoms with Gasteiger partial charge < -0.3 is 26.8 Å². The van der Waals surface area contributed by atoms with Gasteiger partial charge in [-0.3, -0.25) is 9.59 Å². The van der Waals surface area contributed by atoms with Gasteiger partial charge in [-0.1, -0.05) is 113 Å². The maximum atomic E-state index is 11.8. The molecule has 0 aromatic heterocycles. The molecule has 2 aromatic carbocycles. The fraction of sp³-hybridized carbons (Fsp3) is 0.581. The van der Waals surface area contributed by atoms with Crippen molar-refractivity contribution >= 4 is 11.9 Å². The average molecular weight is 709 g/mol. The molecular formula is C43H61N2NaO5. The SMILES string of the molecule is CCCCCCCC#Cc1ccc([C@H]2CC[C@](N)(C(=O)O)C2)cc1.CCCCCCCC#Cc1ccc([C@H]2CC[C@](N)(C(=O)OC)C2)cc1.[Na+].[OH-]. The topological polar surface area (TPSA) is 146 Å². The standard InChI is InChI=1S/C22H31NO2.C21H29NO2.Na.H2O/c1-3-4-5-6-7-8-9-10-18-11-13-19(14-12-18)20-15-16-22(23,17-20)21(24)25-2;1-2-3-4-5-6-7-8-9-17-10-12-18(13-11-17)19-14-15-21(22,16-19)20(23)24;;/h11-14,20H,3-8,15-17,23H2,1-2H3;10-13,19H,2-7,14-16,22H2,1H3,(H,23,24);;1H2/q;;+1;/p-1/t20-,22+;19-,21+;;/m00../s1. The number of rotatable bonds is 14. The molecule has 4 rings (SSSR count). The molecule has 0 amide bonds. The predicted molar refractivity (Wildman–Crippen MR) is 202 cm³/mol. The quantitative estimate of drug-likeness (QED) is 0.0972. The summed E-state index contributed by atoms with van der Waals surface area (Å²) in [5.74, 6) is 12.4. The number of carboxylic acid groups (broad SMARTS) is 1. The summed E-state index contributed by atoms with van der Waals surface area (Å²) in [7, 11) is 1.40. The maximum absolute atomic E-state index is 11.8. The third kappa shape index (κ3) is 15.5. The molecule has 2 aliphatic carbocycles. The summed E-state index contributed by atoms with van der Waals surface area (Å²) in [5.41, 5.74) is 14.8. The van der Waals surface area contributed by atoms with E-state index in [9.17, 15) is 14.7 Å². The van der Waals surface area contributed by atoms with Crippen LogP contribution in [-0.2, 0) is 14.3 Å². The molecule has 8 heteroatoms. The largest absolute Gasteiger partial charge is 1.00 e. The minimum Gasteiger partial charge on any atom is -0.870 e. The first kappa shape index (κ1) is 46.4. The van der Waals surface area contributed by atoms with E-state index < -0.39 is 17.0 Å². The third-order valence-corrected chi connectivity index (χ3v) is 10.2. The van der Waals surface area contributed by atoms with E-state index in [0.717, 1.165) is 36.8 Å².